The van der Waals surface area contributed by atoms with Crippen molar-refractivity contribution in [2.45, 2.75) is 64.0 Å². The quantitative estimate of drug-likeness (QED) is 0.772. The standard InChI is InChI=1S/C27H36N4O2/c1-22-10-8-13-24(29-22)26(33)30-17-9-18-31(21-23-11-4-2-5-12-23)27(14-6-3-7-15-27)20-25(32)28-16-19-30/h2,4-5,8,10-13H,3,6-7,9,14-21H2,1H3,(H,28,32). The van der Waals surface area contributed by atoms with E-state index < -0.39 is 0 Å². The number of hydrogen-bond donors (Lipinski definition) is 1. The lowest BCUT2D eigenvalue weighted by atomic mass is 9.77. The second-order valence-corrected chi connectivity index (χ2v) is 9.53. The van der Waals surface area contributed by atoms with Gasteiger partial charge in [0.1, 0.15) is 5.69 Å². The summed E-state index contributed by atoms with van der Waals surface area (Å²) in [5, 5.41) is 3.10. The Balaban J connectivity index is 1.56. The lowest BCUT2D eigenvalue weighted by Crippen LogP contribution is -2.52. The van der Waals surface area contributed by atoms with E-state index >= 15 is 0 Å². The molecule has 2 aromatic rings. The van der Waals surface area contributed by atoms with Gasteiger partial charge in [-0.3, -0.25) is 14.5 Å². The Kier molecular flexibility index (Phi) is 7.76. The molecular formula is C27H36N4O2. The summed E-state index contributed by atoms with van der Waals surface area (Å²) < 4.78 is 0. The molecule has 33 heavy (non-hydrogen) atoms. The van der Waals surface area contributed by atoms with Gasteiger partial charge >= 0.3 is 0 Å². The molecule has 1 spiro atoms. The SMILES string of the molecule is Cc1cccc(C(=O)N2CCCN(Cc3ccccc3)C3(CCCCC3)CC(=O)NCC2)n1. The first-order chi connectivity index (χ1) is 16.1. The average molecular weight is 449 g/mol. The van der Waals surface area contributed by atoms with Gasteiger partial charge in [-0.25, -0.2) is 4.98 Å². The highest BCUT2D eigenvalue weighted by Crippen LogP contribution is 2.38. The maximum absolute atomic E-state index is 13.2. The van der Waals surface area contributed by atoms with Crippen molar-refractivity contribution in [3.63, 3.8) is 0 Å². The molecule has 0 unspecified atom stereocenters. The molecule has 176 valence electrons. The van der Waals surface area contributed by atoms with Gasteiger partial charge < -0.3 is 10.2 Å². The van der Waals surface area contributed by atoms with Crippen molar-refractivity contribution in [3.05, 3.63) is 65.5 Å². The Labute approximate surface area is 197 Å². The fourth-order valence-electron chi connectivity index (χ4n) is 5.39. The number of aromatic nitrogens is 1. The van der Waals surface area contributed by atoms with Crippen LogP contribution >= 0.6 is 0 Å². The molecule has 1 saturated carbocycles. The summed E-state index contributed by atoms with van der Waals surface area (Å²) in [5.74, 6) is 0.0344. The van der Waals surface area contributed by atoms with Crippen LogP contribution in [-0.2, 0) is 11.3 Å². The summed E-state index contributed by atoms with van der Waals surface area (Å²) in [6.07, 6.45) is 7.11. The van der Waals surface area contributed by atoms with Crippen molar-refractivity contribution in [1.29, 1.82) is 0 Å². The third-order valence-electron chi connectivity index (χ3n) is 7.12. The van der Waals surface area contributed by atoms with Gasteiger partial charge in [0.25, 0.3) is 5.91 Å². The van der Waals surface area contributed by atoms with E-state index in [0.717, 1.165) is 38.0 Å². The maximum atomic E-state index is 13.2. The summed E-state index contributed by atoms with van der Waals surface area (Å²) in [4.78, 5) is 35.0. The van der Waals surface area contributed by atoms with Gasteiger partial charge in [0.05, 0.1) is 0 Å². The maximum Gasteiger partial charge on any atom is 0.272 e. The zero-order chi connectivity index (χ0) is 23.1. The summed E-state index contributed by atoms with van der Waals surface area (Å²) in [6.45, 7) is 5.24. The molecule has 2 heterocycles. The van der Waals surface area contributed by atoms with E-state index in [0.29, 0.717) is 31.7 Å². The molecule has 0 bridgehead atoms. The number of amides is 2. The van der Waals surface area contributed by atoms with Gasteiger partial charge in [-0.05, 0) is 43.9 Å². The van der Waals surface area contributed by atoms with Crippen LogP contribution in [0.25, 0.3) is 0 Å². The molecule has 1 aromatic carbocycles. The number of rotatable bonds is 3. The monoisotopic (exact) mass is 448 g/mol. The van der Waals surface area contributed by atoms with E-state index in [1.54, 1.807) is 6.07 Å². The fraction of sp³-hybridized carbons (Fsp3) is 0.519. The fourth-order valence-corrected chi connectivity index (χ4v) is 5.39. The second-order valence-electron chi connectivity index (χ2n) is 9.53. The zero-order valence-electron chi connectivity index (χ0n) is 19.8. The lowest BCUT2D eigenvalue weighted by Gasteiger charge is -2.46. The van der Waals surface area contributed by atoms with Crippen LogP contribution in [0.15, 0.2) is 48.5 Å². The van der Waals surface area contributed by atoms with Gasteiger partial charge in [-0.15, -0.1) is 0 Å². The number of benzene rings is 1. The summed E-state index contributed by atoms with van der Waals surface area (Å²) in [6, 6.07) is 16.1. The Morgan fingerprint density at radius 1 is 0.970 bits per heavy atom. The molecule has 1 saturated heterocycles. The van der Waals surface area contributed by atoms with Crippen molar-refractivity contribution in [3.8, 4) is 0 Å². The molecular weight excluding hydrogens is 412 g/mol. The number of nitrogens with zero attached hydrogens (tertiary/aromatic N) is 3. The third-order valence-corrected chi connectivity index (χ3v) is 7.12. The Hall–Kier alpha value is -2.73. The highest BCUT2D eigenvalue weighted by molar-refractivity contribution is 5.92. The molecule has 0 radical (unpaired) electrons. The number of pyridine rings is 1. The van der Waals surface area contributed by atoms with Gasteiger partial charge in [0.15, 0.2) is 0 Å². The molecule has 2 amide bonds. The van der Waals surface area contributed by atoms with Gasteiger partial charge in [0, 0.05) is 50.4 Å². The van der Waals surface area contributed by atoms with E-state index in [9.17, 15) is 9.59 Å². The zero-order valence-corrected chi connectivity index (χ0v) is 19.8. The molecule has 2 fully saturated rings. The molecule has 1 N–H and O–H groups in total. The van der Waals surface area contributed by atoms with Crippen LogP contribution in [0, 0.1) is 6.92 Å². The largest absolute Gasteiger partial charge is 0.354 e. The molecule has 2 aliphatic rings. The van der Waals surface area contributed by atoms with Crippen LogP contribution in [0.4, 0.5) is 0 Å². The highest BCUT2D eigenvalue weighted by atomic mass is 16.2. The normalized spacial score (nSPS) is 20.2. The predicted molar refractivity (Wildman–Crippen MR) is 130 cm³/mol. The number of carbonyl (C=O) groups excluding carboxylic acids is 2. The Morgan fingerprint density at radius 3 is 2.52 bits per heavy atom. The predicted octanol–water partition coefficient (Wildman–Crippen LogP) is 3.95. The van der Waals surface area contributed by atoms with Crippen LogP contribution in [-0.4, -0.2) is 58.3 Å². The Morgan fingerprint density at radius 2 is 1.76 bits per heavy atom. The van der Waals surface area contributed by atoms with E-state index in [1.165, 1.54) is 24.8 Å². The minimum Gasteiger partial charge on any atom is -0.354 e. The van der Waals surface area contributed by atoms with E-state index in [-0.39, 0.29) is 17.4 Å². The molecule has 6 nitrogen and oxygen atoms in total. The number of carbonyl (C=O) groups is 2. The number of hydrogen-bond acceptors (Lipinski definition) is 4. The minimum absolute atomic E-state index is 0.0609. The van der Waals surface area contributed by atoms with Crippen LogP contribution in [0.2, 0.25) is 0 Å². The first-order valence-electron chi connectivity index (χ1n) is 12.3. The van der Waals surface area contributed by atoms with E-state index in [4.69, 9.17) is 0 Å². The molecule has 6 heteroatoms. The Bertz CT molecular complexity index is 940. The molecule has 1 aromatic heterocycles. The smallest absolute Gasteiger partial charge is 0.272 e. The van der Waals surface area contributed by atoms with Crippen molar-refractivity contribution in [2.24, 2.45) is 0 Å². The van der Waals surface area contributed by atoms with Gasteiger partial charge in [0.2, 0.25) is 5.91 Å². The van der Waals surface area contributed by atoms with Crippen LogP contribution < -0.4 is 5.32 Å². The topological polar surface area (TPSA) is 65.5 Å². The molecule has 1 aliphatic heterocycles. The molecule has 4 rings (SSSR count). The minimum atomic E-state index is -0.102. The average Bonchev–Trinajstić information content (AvgIpc) is 2.85. The summed E-state index contributed by atoms with van der Waals surface area (Å²) >= 11 is 0. The molecule has 1 aliphatic carbocycles. The van der Waals surface area contributed by atoms with Gasteiger partial charge in [-0.2, -0.15) is 0 Å². The van der Waals surface area contributed by atoms with Crippen molar-refractivity contribution >= 4 is 11.8 Å². The lowest BCUT2D eigenvalue weighted by molar-refractivity contribution is -0.125. The van der Waals surface area contributed by atoms with E-state index in [2.05, 4.69) is 39.5 Å². The first kappa shape index (κ1) is 23.4. The van der Waals surface area contributed by atoms with Crippen LogP contribution in [0.5, 0.6) is 0 Å². The van der Waals surface area contributed by atoms with Crippen LogP contribution in [0.1, 0.15) is 66.7 Å². The first-order valence-corrected chi connectivity index (χ1v) is 12.3. The summed E-state index contributed by atoms with van der Waals surface area (Å²) in [7, 11) is 0. The van der Waals surface area contributed by atoms with Crippen molar-refractivity contribution in [1.82, 2.24) is 20.1 Å². The number of nitrogens with one attached hydrogen (secondary N) is 1. The van der Waals surface area contributed by atoms with Gasteiger partial charge in [-0.1, -0.05) is 55.7 Å². The number of aryl methyl sites for hydroxylation is 1. The van der Waals surface area contributed by atoms with Crippen LogP contribution in [0.3, 0.4) is 0 Å². The van der Waals surface area contributed by atoms with Crippen molar-refractivity contribution in [2.75, 3.05) is 26.2 Å². The molecule has 0 atom stereocenters. The second kappa shape index (κ2) is 10.9. The van der Waals surface area contributed by atoms with Crippen molar-refractivity contribution < 1.29 is 9.59 Å². The van der Waals surface area contributed by atoms with E-state index in [1.807, 2.05) is 30.0 Å². The summed E-state index contributed by atoms with van der Waals surface area (Å²) in [5.41, 5.74) is 2.48. The third kappa shape index (κ3) is 5.99. The highest BCUT2D eigenvalue weighted by Gasteiger charge is 2.40.